The van der Waals surface area contributed by atoms with Gasteiger partial charge in [0.2, 0.25) is 0 Å². The summed E-state index contributed by atoms with van der Waals surface area (Å²) >= 11 is 4.96. The van der Waals surface area contributed by atoms with Crippen molar-refractivity contribution in [2.24, 2.45) is 0 Å². The smallest absolute Gasteiger partial charge is 0.170 e. The average Bonchev–Trinajstić information content (AvgIpc) is 2.25. The summed E-state index contributed by atoms with van der Waals surface area (Å²) in [5.41, 5.74) is 0.619. The number of benzene rings is 1. The number of rotatable bonds is 2. The van der Waals surface area contributed by atoms with E-state index in [1.807, 2.05) is 26.8 Å². The van der Waals surface area contributed by atoms with Gasteiger partial charge in [0, 0.05) is 6.54 Å². The molecule has 0 aliphatic heterocycles. The van der Waals surface area contributed by atoms with Gasteiger partial charge in [0.1, 0.15) is 5.75 Å². The molecule has 3 N–H and O–H groups in total. The second-order valence-corrected chi connectivity index (χ2v) is 2.91. The second-order valence-electron chi connectivity index (χ2n) is 2.50. The van der Waals surface area contributed by atoms with Crippen molar-refractivity contribution in [1.29, 1.82) is 0 Å². The van der Waals surface area contributed by atoms with Crippen LogP contribution in [0, 0.1) is 0 Å². The summed E-state index contributed by atoms with van der Waals surface area (Å²) in [5, 5.41) is 15.7. The lowest BCUT2D eigenvalue weighted by molar-refractivity contribution is 0.478. The van der Waals surface area contributed by atoms with Crippen molar-refractivity contribution in [3.05, 3.63) is 24.3 Å². The number of thiocarbonyl (C=S) groups is 1. The Hall–Kier alpha value is -1.29. The second kappa shape index (κ2) is 8.05. The zero-order valence-electron chi connectivity index (χ0n) is 9.37. The highest BCUT2D eigenvalue weighted by molar-refractivity contribution is 7.80. The van der Waals surface area contributed by atoms with Crippen molar-refractivity contribution in [3.63, 3.8) is 0 Å². The molecule has 4 heteroatoms. The van der Waals surface area contributed by atoms with Crippen molar-refractivity contribution in [2.75, 3.05) is 11.9 Å². The van der Waals surface area contributed by atoms with Gasteiger partial charge in [-0.05, 0) is 31.3 Å². The summed E-state index contributed by atoms with van der Waals surface area (Å²) in [7, 11) is 0. The molecule has 3 nitrogen and oxygen atoms in total. The van der Waals surface area contributed by atoms with Gasteiger partial charge in [-0.25, -0.2) is 0 Å². The van der Waals surface area contributed by atoms with Gasteiger partial charge >= 0.3 is 0 Å². The minimum absolute atomic E-state index is 0.197. The number of nitrogens with one attached hydrogen (secondary N) is 2. The van der Waals surface area contributed by atoms with Crippen LogP contribution in [0.25, 0.3) is 0 Å². The van der Waals surface area contributed by atoms with E-state index in [-0.39, 0.29) is 5.75 Å². The van der Waals surface area contributed by atoms with Gasteiger partial charge in [0.15, 0.2) is 5.11 Å². The molecule has 0 fully saturated rings. The molecule has 0 aliphatic carbocycles. The van der Waals surface area contributed by atoms with E-state index in [1.165, 1.54) is 0 Å². The Kier molecular flexibility index (Phi) is 7.36. The summed E-state index contributed by atoms with van der Waals surface area (Å²) in [4.78, 5) is 0. The van der Waals surface area contributed by atoms with Crippen LogP contribution in [-0.4, -0.2) is 16.8 Å². The molecule has 0 heterocycles. The van der Waals surface area contributed by atoms with Gasteiger partial charge in [0.25, 0.3) is 0 Å². The van der Waals surface area contributed by atoms with Crippen LogP contribution < -0.4 is 10.6 Å². The third-order valence-corrected chi connectivity index (χ3v) is 1.74. The number of anilines is 1. The number of phenolic OH excluding ortho intramolecular Hbond substituents is 1. The van der Waals surface area contributed by atoms with Gasteiger partial charge in [-0.15, -0.1) is 0 Å². The molecule has 84 valence electrons. The summed E-state index contributed by atoms with van der Waals surface area (Å²) < 4.78 is 0. The van der Waals surface area contributed by atoms with Crippen LogP contribution in [0.2, 0.25) is 0 Å². The van der Waals surface area contributed by atoms with Crippen LogP contribution in [0.15, 0.2) is 24.3 Å². The highest BCUT2D eigenvalue weighted by Gasteiger charge is 1.99. The van der Waals surface area contributed by atoms with E-state index >= 15 is 0 Å². The standard InChI is InChI=1S/C9H12N2OS.C2H6/c1-2-10-9(13)11-7-5-3-4-6-8(7)12;1-2/h3-6,12H,2H2,1H3,(H2,10,11,13);1-2H3. The molecule has 0 spiro atoms. The fraction of sp³-hybridized carbons (Fsp3) is 0.364. The SMILES string of the molecule is CC.CCNC(=S)Nc1ccccc1O. The van der Waals surface area contributed by atoms with Crippen LogP contribution in [-0.2, 0) is 0 Å². The van der Waals surface area contributed by atoms with Crippen molar-refractivity contribution >= 4 is 23.0 Å². The first kappa shape index (κ1) is 13.7. The molecule has 0 aromatic heterocycles. The summed E-state index contributed by atoms with van der Waals surface area (Å²) in [6, 6.07) is 6.96. The molecule has 0 saturated heterocycles. The van der Waals surface area contributed by atoms with Gasteiger partial charge < -0.3 is 15.7 Å². The molecule has 1 aromatic rings. The number of phenols is 1. The van der Waals surface area contributed by atoms with E-state index in [2.05, 4.69) is 10.6 Å². The van der Waals surface area contributed by atoms with E-state index in [4.69, 9.17) is 12.2 Å². The molecule has 0 radical (unpaired) electrons. The Labute approximate surface area is 96.5 Å². The third-order valence-electron chi connectivity index (χ3n) is 1.49. The monoisotopic (exact) mass is 226 g/mol. The van der Waals surface area contributed by atoms with Gasteiger partial charge in [-0.2, -0.15) is 0 Å². The van der Waals surface area contributed by atoms with Crippen molar-refractivity contribution < 1.29 is 5.11 Å². The van der Waals surface area contributed by atoms with Crippen molar-refractivity contribution in [3.8, 4) is 5.75 Å². The van der Waals surface area contributed by atoms with Crippen LogP contribution in [0.1, 0.15) is 20.8 Å². The molecular formula is C11H18N2OS. The minimum Gasteiger partial charge on any atom is -0.506 e. The normalized spacial score (nSPS) is 8.47. The maximum absolute atomic E-state index is 9.38. The third kappa shape index (κ3) is 5.22. The van der Waals surface area contributed by atoms with Crippen LogP contribution in [0.3, 0.4) is 0 Å². The maximum Gasteiger partial charge on any atom is 0.170 e. The number of para-hydroxylation sites is 2. The van der Waals surface area contributed by atoms with E-state index in [1.54, 1.807) is 18.2 Å². The Morgan fingerprint density at radius 3 is 2.47 bits per heavy atom. The Morgan fingerprint density at radius 2 is 1.93 bits per heavy atom. The first-order valence-electron chi connectivity index (χ1n) is 5.07. The Morgan fingerprint density at radius 1 is 1.33 bits per heavy atom. The zero-order valence-corrected chi connectivity index (χ0v) is 10.2. The van der Waals surface area contributed by atoms with E-state index < -0.39 is 0 Å². The van der Waals surface area contributed by atoms with Crippen LogP contribution in [0.5, 0.6) is 5.75 Å². The lowest BCUT2D eigenvalue weighted by Crippen LogP contribution is -2.27. The predicted molar refractivity (Wildman–Crippen MR) is 69.4 cm³/mol. The maximum atomic E-state index is 9.38. The lowest BCUT2D eigenvalue weighted by Gasteiger charge is -2.09. The summed E-state index contributed by atoms with van der Waals surface area (Å²) in [6.07, 6.45) is 0. The summed E-state index contributed by atoms with van der Waals surface area (Å²) in [6.45, 7) is 6.72. The van der Waals surface area contributed by atoms with Crippen molar-refractivity contribution in [1.82, 2.24) is 5.32 Å². The van der Waals surface area contributed by atoms with Gasteiger partial charge in [-0.3, -0.25) is 0 Å². The predicted octanol–water partition coefficient (Wildman–Crippen LogP) is 2.72. The fourth-order valence-corrected chi connectivity index (χ4v) is 1.16. The van der Waals surface area contributed by atoms with Crippen molar-refractivity contribution in [2.45, 2.75) is 20.8 Å². The Balaban J connectivity index is 0.000000921. The molecule has 0 bridgehead atoms. The first-order valence-corrected chi connectivity index (χ1v) is 5.47. The molecule has 0 aliphatic rings. The molecular weight excluding hydrogens is 208 g/mol. The van der Waals surface area contributed by atoms with Crippen LogP contribution in [0.4, 0.5) is 5.69 Å². The fourth-order valence-electron chi connectivity index (χ4n) is 0.906. The van der Waals surface area contributed by atoms with Gasteiger partial charge in [-0.1, -0.05) is 26.0 Å². The number of hydrogen-bond acceptors (Lipinski definition) is 2. The molecule has 0 amide bonds. The largest absolute Gasteiger partial charge is 0.506 e. The first-order chi connectivity index (χ1) is 7.24. The summed E-state index contributed by atoms with van der Waals surface area (Å²) in [5.74, 6) is 0.197. The van der Waals surface area contributed by atoms with E-state index in [0.717, 1.165) is 6.54 Å². The molecule has 1 rings (SSSR count). The lowest BCUT2D eigenvalue weighted by atomic mass is 10.3. The molecule has 0 atom stereocenters. The number of aromatic hydroxyl groups is 1. The zero-order chi connectivity index (χ0) is 11.7. The van der Waals surface area contributed by atoms with Crippen LogP contribution >= 0.6 is 12.2 Å². The minimum atomic E-state index is 0.197. The van der Waals surface area contributed by atoms with E-state index in [9.17, 15) is 5.11 Å². The van der Waals surface area contributed by atoms with Gasteiger partial charge in [0.05, 0.1) is 5.69 Å². The molecule has 0 saturated carbocycles. The highest BCUT2D eigenvalue weighted by Crippen LogP contribution is 2.20. The number of hydrogen-bond donors (Lipinski definition) is 3. The molecule has 15 heavy (non-hydrogen) atoms. The molecule has 1 aromatic carbocycles. The highest BCUT2D eigenvalue weighted by atomic mass is 32.1. The average molecular weight is 226 g/mol. The quantitative estimate of drug-likeness (QED) is 0.536. The topological polar surface area (TPSA) is 44.3 Å². The Bertz CT molecular complexity index is 302. The van der Waals surface area contributed by atoms with E-state index in [0.29, 0.717) is 10.8 Å². The molecule has 0 unspecified atom stereocenters.